The molecular formula is C22H23N3O2S2. The van der Waals surface area contributed by atoms with E-state index in [-0.39, 0.29) is 11.8 Å². The minimum Gasteiger partial charge on any atom is -0.352 e. The molecule has 150 valence electrons. The molecule has 1 aliphatic rings. The van der Waals surface area contributed by atoms with Crippen molar-refractivity contribution < 1.29 is 9.59 Å². The number of nitrogens with one attached hydrogen (secondary N) is 2. The number of aromatic nitrogens is 1. The highest BCUT2D eigenvalue weighted by atomic mass is 32.1. The fourth-order valence-electron chi connectivity index (χ4n) is 3.39. The van der Waals surface area contributed by atoms with Gasteiger partial charge < -0.3 is 10.6 Å². The van der Waals surface area contributed by atoms with Crippen LogP contribution in [0.25, 0.3) is 0 Å². The number of benzene rings is 1. The molecule has 3 aromatic rings. The third-order valence-electron chi connectivity index (χ3n) is 4.87. The third kappa shape index (κ3) is 5.10. The molecular weight excluding hydrogens is 402 g/mol. The van der Waals surface area contributed by atoms with E-state index in [9.17, 15) is 9.59 Å². The van der Waals surface area contributed by atoms with E-state index in [4.69, 9.17) is 4.98 Å². The fraction of sp³-hybridized carbons (Fsp3) is 0.318. The molecule has 0 spiro atoms. The summed E-state index contributed by atoms with van der Waals surface area (Å²) >= 11 is 3.22. The van der Waals surface area contributed by atoms with Crippen LogP contribution >= 0.6 is 22.7 Å². The molecule has 1 aromatic carbocycles. The average molecular weight is 426 g/mol. The van der Waals surface area contributed by atoms with Gasteiger partial charge in [0.2, 0.25) is 0 Å². The number of nitrogens with zero attached hydrogens (tertiary/aromatic N) is 1. The van der Waals surface area contributed by atoms with Gasteiger partial charge in [0, 0.05) is 29.1 Å². The molecule has 29 heavy (non-hydrogen) atoms. The van der Waals surface area contributed by atoms with Gasteiger partial charge in [0.25, 0.3) is 11.8 Å². The number of thiazole rings is 1. The number of thiophene rings is 1. The van der Waals surface area contributed by atoms with Crippen LogP contribution < -0.4 is 10.6 Å². The predicted molar refractivity (Wildman–Crippen MR) is 118 cm³/mol. The summed E-state index contributed by atoms with van der Waals surface area (Å²) in [5.74, 6) is -0.292. The summed E-state index contributed by atoms with van der Waals surface area (Å²) in [5.41, 5.74) is 2.45. The monoisotopic (exact) mass is 425 g/mol. The van der Waals surface area contributed by atoms with Gasteiger partial charge in [0.15, 0.2) is 0 Å². The van der Waals surface area contributed by atoms with Crippen LogP contribution in [0, 0.1) is 0 Å². The number of fused-ring (bicyclic) bond motifs is 1. The van der Waals surface area contributed by atoms with Gasteiger partial charge in [-0.25, -0.2) is 4.98 Å². The van der Waals surface area contributed by atoms with E-state index in [0.29, 0.717) is 22.7 Å². The van der Waals surface area contributed by atoms with Gasteiger partial charge >= 0.3 is 0 Å². The van der Waals surface area contributed by atoms with Crippen molar-refractivity contribution in [2.75, 3.05) is 11.9 Å². The Morgan fingerprint density at radius 1 is 1.07 bits per heavy atom. The molecule has 0 radical (unpaired) electrons. The van der Waals surface area contributed by atoms with Crippen LogP contribution in [0.2, 0.25) is 0 Å². The van der Waals surface area contributed by atoms with Crippen LogP contribution in [0.15, 0.2) is 41.8 Å². The molecule has 7 heteroatoms. The van der Waals surface area contributed by atoms with Gasteiger partial charge in [-0.1, -0.05) is 12.1 Å². The van der Waals surface area contributed by atoms with E-state index in [1.807, 2.05) is 22.8 Å². The van der Waals surface area contributed by atoms with Crippen molar-refractivity contribution in [1.29, 1.82) is 0 Å². The summed E-state index contributed by atoms with van der Waals surface area (Å²) in [6.45, 7) is 0.606. The SMILES string of the molecule is O=C(NCCCc1nc2c(s1)CCCC2)c1cccc(NC(=O)c2cccs2)c1. The maximum Gasteiger partial charge on any atom is 0.265 e. The molecule has 0 aliphatic heterocycles. The van der Waals surface area contributed by atoms with Crippen molar-refractivity contribution in [3.05, 3.63) is 67.8 Å². The molecule has 0 bridgehead atoms. The van der Waals surface area contributed by atoms with Crippen molar-refractivity contribution in [2.24, 2.45) is 0 Å². The van der Waals surface area contributed by atoms with E-state index in [1.54, 1.807) is 30.3 Å². The van der Waals surface area contributed by atoms with E-state index in [1.165, 1.54) is 46.2 Å². The fourth-order valence-corrected chi connectivity index (χ4v) is 5.21. The quantitative estimate of drug-likeness (QED) is 0.539. The lowest BCUT2D eigenvalue weighted by Crippen LogP contribution is -2.25. The van der Waals surface area contributed by atoms with Crippen LogP contribution in [0.3, 0.4) is 0 Å². The highest BCUT2D eigenvalue weighted by Gasteiger charge is 2.15. The van der Waals surface area contributed by atoms with Gasteiger partial charge in [-0.2, -0.15) is 0 Å². The average Bonchev–Trinajstić information content (AvgIpc) is 3.41. The second-order valence-corrected chi connectivity index (χ2v) is 9.17. The first kappa shape index (κ1) is 19.8. The maximum atomic E-state index is 12.4. The Hall–Kier alpha value is -2.51. The molecule has 2 aromatic heterocycles. The van der Waals surface area contributed by atoms with Crippen molar-refractivity contribution in [2.45, 2.75) is 38.5 Å². The smallest absolute Gasteiger partial charge is 0.265 e. The first-order valence-electron chi connectivity index (χ1n) is 9.89. The molecule has 4 rings (SSSR count). The minimum absolute atomic E-state index is 0.129. The van der Waals surface area contributed by atoms with Crippen LogP contribution in [0.5, 0.6) is 0 Å². The van der Waals surface area contributed by atoms with Crippen LogP contribution in [-0.2, 0) is 19.3 Å². The second kappa shape index (κ2) is 9.33. The van der Waals surface area contributed by atoms with E-state index >= 15 is 0 Å². The maximum absolute atomic E-state index is 12.4. The lowest BCUT2D eigenvalue weighted by atomic mass is 10.0. The first-order valence-corrected chi connectivity index (χ1v) is 11.6. The zero-order valence-electron chi connectivity index (χ0n) is 16.1. The van der Waals surface area contributed by atoms with Gasteiger partial charge in [-0.05, 0) is 61.7 Å². The van der Waals surface area contributed by atoms with Crippen molar-refractivity contribution >= 4 is 40.2 Å². The number of aryl methyl sites for hydroxylation is 3. The molecule has 1 aliphatic carbocycles. The molecule has 0 saturated heterocycles. The standard InChI is InChI=1S/C22H23N3O2S2/c26-21(23-12-4-11-20-25-17-8-1-2-9-18(17)29-20)15-6-3-7-16(14-15)24-22(27)19-10-5-13-28-19/h3,5-7,10,13-14H,1-2,4,8-9,11-12H2,(H,23,26)(H,24,27). The number of amides is 2. The number of carbonyl (C=O) groups is 2. The summed E-state index contributed by atoms with van der Waals surface area (Å²) in [4.78, 5) is 31.5. The number of hydrogen-bond acceptors (Lipinski definition) is 5. The third-order valence-corrected chi connectivity index (χ3v) is 6.96. The molecule has 0 saturated carbocycles. The van der Waals surface area contributed by atoms with Gasteiger partial charge in [0.1, 0.15) is 0 Å². The van der Waals surface area contributed by atoms with Crippen molar-refractivity contribution in [3.8, 4) is 0 Å². The predicted octanol–water partition coefficient (Wildman–Crippen LogP) is 4.70. The Kier molecular flexibility index (Phi) is 6.36. The highest BCUT2D eigenvalue weighted by Crippen LogP contribution is 2.27. The minimum atomic E-state index is -0.163. The largest absolute Gasteiger partial charge is 0.352 e. The first-order chi connectivity index (χ1) is 14.2. The highest BCUT2D eigenvalue weighted by molar-refractivity contribution is 7.12. The Balaban J connectivity index is 1.26. The molecule has 0 unspecified atom stereocenters. The van der Waals surface area contributed by atoms with Gasteiger partial charge in [0.05, 0.1) is 15.6 Å². The zero-order chi connectivity index (χ0) is 20.1. The molecule has 2 N–H and O–H groups in total. The van der Waals surface area contributed by atoms with E-state index in [0.717, 1.165) is 19.3 Å². The summed E-state index contributed by atoms with van der Waals surface area (Å²) < 4.78 is 0. The number of carbonyl (C=O) groups excluding carboxylic acids is 2. The summed E-state index contributed by atoms with van der Waals surface area (Å²) in [6.07, 6.45) is 6.57. The Morgan fingerprint density at radius 3 is 2.79 bits per heavy atom. The lowest BCUT2D eigenvalue weighted by molar-refractivity contribution is 0.0952. The summed E-state index contributed by atoms with van der Waals surface area (Å²) in [7, 11) is 0. The van der Waals surface area contributed by atoms with Crippen molar-refractivity contribution in [3.63, 3.8) is 0 Å². The topological polar surface area (TPSA) is 71.1 Å². The number of anilines is 1. The van der Waals surface area contributed by atoms with Crippen LogP contribution in [0.4, 0.5) is 5.69 Å². The van der Waals surface area contributed by atoms with Gasteiger partial charge in [-0.3, -0.25) is 9.59 Å². The molecule has 2 amide bonds. The molecule has 5 nitrogen and oxygen atoms in total. The Morgan fingerprint density at radius 2 is 1.97 bits per heavy atom. The van der Waals surface area contributed by atoms with Crippen LogP contribution in [-0.4, -0.2) is 23.3 Å². The lowest BCUT2D eigenvalue weighted by Gasteiger charge is -2.08. The number of rotatable bonds is 7. The molecule has 0 fully saturated rings. The Bertz CT molecular complexity index is 972. The summed E-state index contributed by atoms with van der Waals surface area (Å²) in [6, 6.07) is 10.6. The summed E-state index contributed by atoms with van der Waals surface area (Å²) in [5, 5.41) is 8.85. The Labute approximate surface area is 178 Å². The number of hydrogen-bond donors (Lipinski definition) is 2. The normalized spacial score (nSPS) is 13.0. The van der Waals surface area contributed by atoms with Crippen LogP contribution in [0.1, 0.15) is 54.9 Å². The molecule has 2 heterocycles. The zero-order valence-corrected chi connectivity index (χ0v) is 17.7. The van der Waals surface area contributed by atoms with Gasteiger partial charge in [-0.15, -0.1) is 22.7 Å². The van der Waals surface area contributed by atoms with E-state index < -0.39 is 0 Å². The molecule has 0 atom stereocenters. The van der Waals surface area contributed by atoms with Crippen molar-refractivity contribution in [1.82, 2.24) is 10.3 Å². The van der Waals surface area contributed by atoms with E-state index in [2.05, 4.69) is 10.6 Å². The second-order valence-electron chi connectivity index (χ2n) is 7.06.